The van der Waals surface area contributed by atoms with Crippen molar-refractivity contribution in [2.75, 3.05) is 38.7 Å². The number of aliphatic carboxylic acids is 1. The highest BCUT2D eigenvalue weighted by Gasteiger charge is 2.61. The molecule has 6 fully saturated rings. The molecule has 516 valence electrons. The number of carbonyl (C=O) groups is 7. The Hall–Kier alpha value is -4.28. The van der Waals surface area contributed by atoms with Crippen molar-refractivity contribution in [2.24, 2.45) is 0 Å². The van der Waals surface area contributed by atoms with Crippen LogP contribution < -0.4 is 37.2 Å². The Labute approximate surface area is 524 Å². The molecule has 0 aromatic heterocycles. The number of urea groups is 1. The molecular weight excluding hydrogens is 1220 g/mol. The van der Waals surface area contributed by atoms with E-state index in [4.69, 9.17) is 33.2 Å². The highest BCUT2D eigenvalue weighted by molar-refractivity contribution is 8.00. The maximum atomic E-state index is 13.6. The van der Waals surface area contributed by atoms with Crippen LogP contribution in [0.25, 0.3) is 0 Å². The SMILES string of the molecule is CC(=O)N[C@H]1C([C@H](O)[C@H](O)CO)O[C@@](OC2[C@@H](O)C(CO)O[C@@H](O[C@@H]3C(CO)O[C@@H](NC(=O)CNC(=O)CCCCCCCCCCCCNC(=O)CCCC[C@@H]4SC[C@@H]5NC(=O)N[C@@H]54)[C@@H](NC(C)=O)C3O[C@@H]3OC(C)[C@@H](O)[C@H](O)C3O)[C@H]2O)(C(=O)O)C[C@H]1O. The molecule has 0 radical (unpaired) electrons. The third-order valence-corrected chi connectivity index (χ3v) is 18.5. The molecule has 0 bridgehead atoms. The Balaban J connectivity index is 1.01. The molecule has 33 nitrogen and oxygen atoms in total. The van der Waals surface area contributed by atoms with Gasteiger partial charge in [0.1, 0.15) is 85.4 Å². The third-order valence-electron chi connectivity index (χ3n) is 17.0. The van der Waals surface area contributed by atoms with Crippen LogP contribution in [0, 0.1) is 0 Å². The normalized spacial score (nSPS) is 36.5. The van der Waals surface area contributed by atoms with E-state index in [0.717, 1.165) is 96.7 Å². The van der Waals surface area contributed by atoms with Crippen LogP contribution in [0.3, 0.4) is 0 Å². The van der Waals surface area contributed by atoms with E-state index < -0.39 is 191 Å². The zero-order valence-corrected chi connectivity index (χ0v) is 51.6. The van der Waals surface area contributed by atoms with Gasteiger partial charge in [-0.15, -0.1) is 0 Å². The van der Waals surface area contributed by atoms with Crippen molar-refractivity contribution in [1.29, 1.82) is 0 Å². The molecule has 6 aliphatic rings. The summed E-state index contributed by atoms with van der Waals surface area (Å²) in [6.45, 7) is 0.173. The lowest BCUT2D eigenvalue weighted by Crippen LogP contribution is -2.72. The van der Waals surface area contributed by atoms with Crippen LogP contribution in [-0.4, -0.2) is 287 Å². The van der Waals surface area contributed by atoms with Gasteiger partial charge in [0, 0.05) is 50.7 Å². The van der Waals surface area contributed by atoms with Gasteiger partial charge in [0.25, 0.3) is 5.79 Å². The standard InChI is InChI=1S/C56H95N7O26S/c1-26-41(74)44(77)45(78)52(83-26)87-49-40(60-28(3)68)51(62-37(73)21-58-36(72)17-12-10-8-6-4-5-7-9-11-15-19-57-35(71)18-14-13-16-34-38-29(25-90-34)61-55(82)63-38)84-33(24-66)47(49)86-53-46(79)50(43(76)32(23-65)85-53)89-56(54(80)81)20-30(69)39(59-27(2)67)48(88-56)42(75)31(70)22-64/h26,29-34,38-53,64-66,69-70,74-79H,4-25H2,1-3H3,(H,57,71)(H,58,72)(H,59,67)(H,60,68)(H,62,73)(H,80,81)(H2,61,63,82)/t26?,29-,30+,31+,32?,33?,34-,38-,39+,40-,41+,42+,43-,44-,45?,46-,47+,48?,49?,50?,51+,52-,53-,56-/m0/s1. The molecule has 0 saturated carbocycles. The quantitative estimate of drug-likeness (QED) is 0.0208. The summed E-state index contributed by atoms with van der Waals surface area (Å²) in [6, 6.07) is -3.02. The molecule has 6 heterocycles. The molecule has 0 aromatic rings. The summed E-state index contributed by atoms with van der Waals surface area (Å²) in [7, 11) is 0. The molecule has 0 aromatic carbocycles. The first-order valence-corrected chi connectivity index (χ1v) is 32.1. The second kappa shape index (κ2) is 35.8. The van der Waals surface area contributed by atoms with Crippen LogP contribution in [0.2, 0.25) is 0 Å². The van der Waals surface area contributed by atoms with E-state index in [1.54, 1.807) is 0 Å². The van der Waals surface area contributed by atoms with Crippen LogP contribution in [0.4, 0.5) is 4.79 Å². The molecule has 19 N–H and O–H groups in total. The fourth-order valence-corrected chi connectivity index (χ4v) is 13.6. The first-order chi connectivity index (χ1) is 42.8. The number of ether oxygens (including phenoxy) is 7. The average Bonchev–Trinajstić information content (AvgIpc) is 1.12. The highest BCUT2D eigenvalue weighted by atomic mass is 32.2. The molecule has 6 aliphatic heterocycles. The molecule has 90 heavy (non-hydrogen) atoms. The minimum Gasteiger partial charge on any atom is -0.477 e. The molecule has 0 spiro atoms. The average molecular weight is 1310 g/mol. The number of thioether (sulfide) groups is 1. The van der Waals surface area contributed by atoms with Crippen molar-refractivity contribution in [3.8, 4) is 0 Å². The summed E-state index contributed by atoms with van der Waals surface area (Å²) >= 11 is 1.87. The van der Waals surface area contributed by atoms with E-state index in [0.29, 0.717) is 24.6 Å². The van der Waals surface area contributed by atoms with E-state index in [1.165, 1.54) is 6.92 Å². The maximum absolute atomic E-state index is 13.6. The number of hydrogen-bond acceptors (Lipinski definition) is 26. The summed E-state index contributed by atoms with van der Waals surface area (Å²) < 4.78 is 41.4. The highest BCUT2D eigenvalue weighted by Crippen LogP contribution is 2.40. The molecular formula is C56H95N7O26S. The van der Waals surface area contributed by atoms with E-state index in [2.05, 4.69) is 37.2 Å². The monoisotopic (exact) mass is 1310 g/mol. The van der Waals surface area contributed by atoms with Gasteiger partial charge < -0.3 is 132 Å². The van der Waals surface area contributed by atoms with Gasteiger partial charge >= 0.3 is 12.0 Å². The first-order valence-electron chi connectivity index (χ1n) is 31.0. The van der Waals surface area contributed by atoms with Gasteiger partial charge in [-0.05, 0) is 32.6 Å². The number of unbranched alkanes of at least 4 members (excludes halogenated alkanes) is 10. The van der Waals surface area contributed by atoms with Gasteiger partial charge in [0.2, 0.25) is 29.5 Å². The Bertz CT molecular complexity index is 2330. The Kier molecular flexibility index (Phi) is 29.8. The number of rotatable bonds is 35. The zero-order valence-electron chi connectivity index (χ0n) is 50.8. The fraction of sp³-hybridized carbons (Fsp3) is 0.875. The van der Waals surface area contributed by atoms with Crippen LogP contribution in [0.15, 0.2) is 0 Å². The van der Waals surface area contributed by atoms with Crippen LogP contribution in [0.1, 0.15) is 124 Å². The van der Waals surface area contributed by atoms with Gasteiger partial charge in [0.05, 0.1) is 56.7 Å². The number of aliphatic hydroxyl groups is 11. The van der Waals surface area contributed by atoms with Crippen molar-refractivity contribution in [2.45, 2.75) is 269 Å². The van der Waals surface area contributed by atoms with E-state index in [-0.39, 0.29) is 30.4 Å². The lowest BCUT2D eigenvalue weighted by atomic mass is 9.88. The summed E-state index contributed by atoms with van der Waals surface area (Å²) in [6.07, 6.45) is -23.5. The topological polar surface area (TPSA) is 511 Å². The largest absolute Gasteiger partial charge is 0.477 e. The molecule has 0 aliphatic carbocycles. The fourth-order valence-electron chi connectivity index (χ4n) is 12.0. The molecule has 6 rings (SSSR count). The lowest BCUT2D eigenvalue weighted by Gasteiger charge is -2.52. The second-order valence-electron chi connectivity index (χ2n) is 23.9. The Morgan fingerprint density at radius 3 is 1.87 bits per heavy atom. The maximum Gasteiger partial charge on any atom is 0.364 e. The summed E-state index contributed by atoms with van der Waals surface area (Å²) in [5, 5.41) is 149. The van der Waals surface area contributed by atoms with E-state index in [1.807, 2.05) is 11.8 Å². The summed E-state index contributed by atoms with van der Waals surface area (Å²) in [5.41, 5.74) is 0. The predicted octanol–water partition coefficient (Wildman–Crippen LogP) is -5.85. The molecule has 34 heteroatoms. The van der Waals surface area contributed by atoms with Gasteiger partial charge in [-0.25, -0.2) is 9.59 Å². The second-order valence-corrected chi connectivity index (χ2v) is 25.2. The first kappa shape index (κ1) is 74.8. The van der Waals surface area contributed by atoms with Gasteiger partial charge in [-0.2, -0.15) is 11.8 Å². The van der Waals surface area contributed by atoms with Crippen molar-refractivity contribution in [3.05, 3.63) is 0 Å². The van der Waals surface area contributed by atoms with Gasteiger partial charge in [0.15, 0.2) is 18.8 Å². The third kappa shape index (κ3) is 20.4. The number of amides is 7. The number of carbonyl (C=O) groups excluding carboxylic acids is 6. The van der Waals surface area contributed by atoms with Crippen molar-refractivity contribution in [3.63, 3.8) is 0 Å². The molecule has 6 saturated heterocycles. The Morgan fingerprint density at radius 2 is 1.24 bits per heavy atom. The number of fused-ring (bicyclic) bond motifs is 1. The zero-order chi connectivity index (χ0) is 66.0. The Morgan fingerprint density at radius 1 is 0.656 bits per heavy atom. The molecule has 7 unspecified atom stereocenters. The van der Waals surface area contributed by atoms with Crippen LogP contribution >= 0.6 is 11.8 Å². The number of nitrogens with one attached hydrogen (secondary N) is 7. The summed E-state index contributed by atoms with van der Waals surface area (Å²) in [4.78, 5) is 88.7. The summed E-state index contributed by atoms with van der Waals surface area (Å²) in [5.74, 6) is -7.18. The predicted molar refractivity (Wildman–Crippen MR) is 310 cm³/mol. The van der Waals surface area contributed by atoms with Crippen LogP contribution in [0.5, 0.6) is 0 Å². The minimum absolute atomic E-state index is 0.0659. The number of carboxylic acid groups (broad SMARTS) is 1. The van der Waals surface area contributed by atoms with E-state index in [9.17, 15) is 94.8 Å². The van der Waals surface area contributed by atoms with Crippen molar-refractivity contribution in [1.82, 2.24) is 37.2 Å². The minimum atomic E-state index is -3.18. The lowest BCUT2D eigenvalue weighted by molar-refractivity contribution is -0.386. The number of aliphatic hydroxyl groups excluding tert-OH is 11. The van der Waals surface area contributed by atoms with Crippen molar-refractivity contribution >= 4 is 53.3 Å². The smallest absolute Gasteiger partial charge is 0.364 e. The van der Waals surface area contributed by atoms with E-state index >= 15 is 0 Å². The molecule has 7 amide bonds. The molecule has 24 atom stereocenters. The van der Waals surface area contributed by atoms with Gasteiger partial charge in [-0.3, -0.25) is 24.0 Å². The van der Waals surface area contributed by atoms with Crippen molar-refractivity contribution < 1.29 is 128 Å². The number of hydrogen-bond donors (Lipinski definition) is 19. The van der Waals surface area contributed by atoms with Gasteiger partial charge in [-0.1, -0.05) is 57.8 Å². The van der Waals surface area contributed by atoms with Crippen LogP contribution in [-0.2, 0) is 61.9 Å². The number of carboxylic acids is 1.